The first kappa shape index (κ1) is 29.4. The number of ether oxygens (including phenoxy) is 3. The Kier molecular flexibility index (Phi) is 9.01. The van der Waals surface area contributed by atoms with E-state index in [1.54, 1.807) is 12.0 Å². The van der Waals surface area contributed by atoms with Crippen LogP contribution in [-0.2, 0) is 25.4 Å². The van der Waals surface area contributed by atoms with E-state index in [-0.39, 0.29) is 47.6 Å². The first-order valence-electron chi connectivity index (χ1n) is 13.7. The average molecular weight is 517 g/mol. The Morgan fingerprint density at radius 1 is 1.08 bits per heavy atom. The summed E-state index contributed by atoms with van der Waals surface area (Å²) < 4.78 is 18.2. The lowest BCUT2D eigenvalue weighted by Crippen LogP contribution is -2.51. The van der Waals surface area contributed by atoms with Gasteiger partial charge in [0.2, 0.25) is 5.91 Å². The predicted octanol–water partition coefficient (Wildman–Crippen LogP) is 5.71. The van der Waals surface area contributed by atoms with Crippen LogP contribution in [0.3, 0.4) is 0 Å². The van der Waals surface area contributed by atoms with E-state index in [1.807, 2.05) is 73.6 Å². The van der Waals surface area contributed by atoms with Crippen LogP contribution in [0.4, 0.5) is 4.79 Å². The second-order valence-electron chi connectivity index (χ2n) is 13.2. The van der Waals surface area contributed by atoms with Gasteiger partial charge in [-0.2, -0.15) is 0 Å². The van der Waals surface area contributed by atoms with E-state index < -0.39 is 11.3 Å². The molecular formula is C30H48N2O5. The SMILES string of the molecule is COC1CCC(C(=O)NC(C)(C)C)C(CC2OC(C)(C)N(C(=O)OC(C)(C)C)C2Cc2ccccc2)C1. The van der Waals surface area contributed by atoms with Gasteiger partial charge in [0, 0.05) is 18.6 Å². The van der Waals surface area contributed by atoms with Gasteiger partial charge in [0.15, 0.2) is 0 Å². The molecule has 208 valence electrons. The molecule has 5 atom stereocenters. The van der Waals surface area contributed by atoms with E-state index in [9.17, 15) is 9.59 Å². The van der Waals surface area contributed by atoms with Crippen molar-refractivity contribution in [1.82, 2.24) is 10.2 Å². The zero-order valence-electron chi connectivity index (χ0n) is 24.3. The van der Waals surface area contributed by atoms with Crippen LogP contribution >= 0.6 is 0 Å². The maximum Gasteiger partial charge on any atom is 0.412 e. The van der Waals surface area contributed by atoms with Gasteiger partial charge in [0.05, 0.1) is 18.2 Å². The Labute approximate surface area is 223 Å². The Morgan fingerprint density at radius 2 is 1.73 bits per heavy atom. The summed E-state index contributed by atoms with van der Waals surface area (Å²) in [5, 5.41) is 3.19. The molecule has 0 bridgehead atoms. The van der Waals surface area contributed by atoms with Gasteiger partial charge in [-0.15, -0.1) is 0 Å². The lowest BCUT2D eigenvalue weighted by atomic mass is 9.73. The lowest BCUT2D eigenvalue weighted by molar-refractivity contribution is -0.132. The van der Waals surface area contributed by atoms with E-state index in [4.69, 9.17) is 14.2 Å². The molecule has 2 aliphatic rings. The number of carbonyl (C=O) groups is 2. The molecule has 1 aromatic carbocycles. The highest BCUT2D eigenvalue weighted by atomic mass is 16.6. The fraction of sp³-hybridized carbons (Fsp3) is 0.733. The van der Waals surface area contributed by atoms with Crippen LogP contribution in [0.15, 0.2) is 30.3 Å². The monoisotopic (exact) mass is 516 g/mol. The van der Waals surface area contributed by atoms with E-state index in [0.717, 1.165) is 24.8 Å². The number of hydrogen-bond donors (Lipinski definition) is 1. The van der Waals surface area contributed by atoms with Gasteiger partial charge in [0.25, 0.3) is 0 Å². The second kappa shape index (κ2) is 11.3. The molecule has 2 amide bonds. The first-order chi connectivity index (χ1) is 17.1. The zero-order valence-corrected chi connectivity index (χ0v) is 24.3. The maximum atomic E-state index is 13.5. The highest BCUT2D eigenvalue weighted by Gasteiger charge is 2.52. The number of carbonyl (C=O) groups excluding carboxylic acids is 2. The highest BCUT2D eigenvalue weighted by Crippen LogP contribution is 2.42. The van der Waals surface area contributed by atoms with Crippen LogP contribution in [0.5, 0.6) is 0 Å². The number of amides is 2. The molecule has 2 fully saturated rings. The topological polar surface area (TPSA) is 77.1 Å². The van der Waals surface area contributed by atoms with Crippen molar-refractivity contribution in [2.45, 2.75) is 123 Å². The van der Waals surface area contributed by atoms with Crippen molar-refractivity contribution >= 4 is 12.0 Å². The second-order valence-corrected chi connectivity index (χ2v) is 13.2. The quantitative estimate of drug-likeness (QED) is 0.524. The molecule has 1 aliphatic heterocycles. The smallest absolute Gasteiger partial charge is 0.412 e. The van der Waals surface area contributed by atoms with Crippen LogP contribution in [0, 0.1) is 11.8 Å². The molecule has 1 aliphatic carbocycles. The predicted molar refractivity (Wildman–Crippen MR) is 145 cm³/mol. The Balaban J connectivity index is 1.92. The van der Waals surface area contributed by atoms with Crippen LogP contribution in [0.1, 0.15) is 86.6 Å². The minimum Gasteiger partial charge on any atom is -0.444 e. The third-order valence-corrected chi connectivity index (χ3v) is 7.30. The summed E-state index contributed by atoms with van der Waals surface area (Å²) in [7, 11) is 1.74. The minimum atomic E-state index is -0.842. The number of hydrogen-bond acceptors (Lipinski definition) is 5. The summed E-state index contributed by atoms with van der Waals surface area (Å²) in [6, 6.07) is 9.96. The van der Waals surface area contributed by atoms with Gasteiger partial charge in [0.1, 0.15) is 11.3 Å². The number of rotatable bonds is 6. The number of methoxy groups -OCH3 is 1. The van der Waals surface area contributed by atoms with Gasteiger partial charge >= 0.3 is 6.09 Å². The molecule has 0 radical (unpaired) electrons. The van der Waals surface area contributed by atoms with Gasteiger partial charge in [-0.25, -0.2) is 4.79 Å². The molecule has 1 saturated carbocycles. The molecule has 1 aromatic rings. The van der Waals surface area contributed by atoms with Crippen molar-refractivity contribution in [2.75, 3.05) is 7.11 Å². The average Bonchev–Trinajstić information content (AvgIpc) is 3.00. The molecule has 5 unspecified atom stereocenters. The normalized spacial score (nSPS) is 28.1. The Hall–Kier alpha value is -2.12. The molecule has 0 aromatic heterocycles. The molecule has 7 nitrogen and oxygen atoms in total. The van der Waals surface area contributed by atoms with E-state index in [2.05, 4.69) is 17.4 Å². The van der Waals surface area contributed by atoms with E-state index >= 15 is 0 Å². The Morgan fingerprint density at radius 3 is 2.30 bits per heavy atom. The summed E-state index contributed by atoms with van der Waals surface area (Å²) >= 11 is 0. The van der Waals surface area contributed by atoms with Gasteiger partial charge in [-0.05, 0) is 99.0 Å². The molecule has 1 saturated heterocycles. The van der Waals surface area contributed by atoms with E-state index in [0.29, 0.717) is 12.8 Å². The molecule has 1 heterocycles. The fourth-order valence-corrected chi connectivity index (χ4v) is 5.82. The van der Waals surface area contributed by atoms with Gasteiger partial charge < -0.3 is 19.5 Å². The lowest BCUT2D eigenvalue weighted by Gasteiger charge is -2.38. The van der Waals surface area contributed by atoms with Gasteiger partial charge in [-0.1, -0.05) is 30.3 Å². The fourth-order valence-electron chi connectivity index (χ4n) is 5.82. The van der Waals surface area contributed by atoms with Crippen molar-refractivity contribution in [2.24, 2.45) is 11.8 Å². The third kappa shape index (κ3) is 7.93. The van der Waals surface area contributed by atoms with Crippen molar-refractivity contribution < 1.29 is 23.8 Å². The molecule has 0 spiro atoms. The maximum absolute atomic E-state index is 13.5. The van der Waals surface area contributed by atoms with E-state index in [1.165, 1.54) is 0 Å². The van der Waals surface area contributed by atoms with Crippen molar-refractivity contribution in [1.29, 1.82) is 0 Å². The molecule has 3 rings (SSSR count). The standard InChI is InChI=1S/C30H48N2O5/c1-28(2,3)31-26(33)23-16-15-22(35-9)18-21(23)19-25-24(17-20-13-11-10-12-14-20)32(30(7,8)36-25)27(34)37-29(4,5)6/h10-14,21-25H,15-19H2,1-9H3,(H,31,33). The largest absolute Gasteiger partial charge is 0.444 e. The molecule has 7 heteroatoms. The minimum absolute atomic E-state index is 0.0821. The van der Waals surface area contributed by atoms with Crippen LogP contribution < -0.4 is 5.32 Å². The van der Waals surface area contributed by atoms with Gasteiger partial charge in [-0.3, -0.25) is 9.69 Å². The summed E-state index contributed by atoms with van der Waals surface area (Å²) in [5.41, 5.74) is -0.624. The summed E-state index contributed by atoms with van der Waals surface area (Å²) in [4.78, 5) is 28.6. The summed E-state index contributed by atoms with van der Waals surface area (Å²) in [5.74, 6) is 0.0527. The Bertz CT molecular complexity index is 918. The third-order valence-electron chi connectivity index (χ3n) is 7.30. The number of nitrogens with zero attached hydrogens (tertiary/aromatic N) is 1. The summed E-state index contributed by atoms with van der Waals surface area (Å²) in [6.45, 7) is 15.5. The molecular weight excluding hydrogens is 468 g/mol. The summed E-state index contributed by atoms with van der Waals surface area (Å²) in [6.07, 6.45) is 3.26. The van der Waals surface area contributed by atoms with Crippen LogP contribution in [-0.4, -0.2) is 59.1 Å². The van der Waals surface area contributed by atoms with Crippen LogP contribution in [0.25, 0.3) is 0 Å². The number of nitrogens with one attached hydrogen (secondary N) is 1. The van der Waals surface area contributed by atoms with Crippen molar-refractivity contribution in [3.63, 3.8) is 0 Å². The first-order valence-corrected chi connectivity index (χ1v) is 13.7. The molecule has 1 N–H and O–H groups in total. The number of benzene rings is 1. The molecule has 37 heavy (non-hydrogen) atoms. The van der Waals surface area contributed by atoms with Crippen molar-refractivity contribution in [3.05, 3.63) is 35.9 Å². The highest BCUT2D eigenvalue weighted by molar-refractivity contribution is 5.79. The van der Waals surface area contributed by atoms with Crippen molar-refractivity contribution in [3.8, 4) is 0 Å². The zero-order chi connectivity index (χ0) is 27.6. The van der Waals surface area contributed by atoms with Crippen LogP contribution in [0.2, 0.25) is 0 Å².